The van der Waals surface area contributed by atoms with Crippen molar-refractivity contribution in [2.75, 3.05) is 7.11 Å². The average molecular weight is 935 g/mol. The maximum Gasteiger partial charge on any atom is 1.00 e. The molecule has 12 heteroatoms. The number of hydrogen-bond acceptors (Lipinski definition) is 6. The number of carbonyl (C=O) groups excluding carboxylic acids is 3. The van der Waals surface area contributed by atoms with Crippen LogP contribution in [-0.2, 0) is 30.9 Å². The number of fused-ring (bicyclic) bond motifs is 8. The summed E-state index contributed by atoms with van der Waals surface area (Å²) >= 11 is 0. The molecule has 8 aromatic rings. The molecule has 0 spiro atoms. The van der Waals surface area contributed by atoms with Gasteiger partial charge in [0.1, 0.15) is 0 Å². The van der Waals surface area contributed by atoms with Gasteiger partial charge in [0.25, 0.3) is 0 Å². The van der Waals surface area contributed by atoms with E-state index in [0.29, 0.717) is 23.0 Å². The van der Waals surface area contributed by atoms with Gasteiger partial charge in [-0.05, 0) is 99.6 Å². The first-order valence-electron chi connectivity index (χ1n) is 24.5. The molecule has 350 valence electrons. The topological polar surface area (TPSA) is 147 Å². The number of benzene rings is 4. The van der Waals surface area contributed by atoms with Crippen molar-refractivity contribution in [1.82, 2.24) is 18.3 Å². The van der Waals surface area contributed by atoms with Crippen LogP contribution in [0.15, 0.2) is 85.2 Å². The maximum absolute atomic E-state index is 12.5. The van der Waals surface area contributed by atoms with Crippen molar-refractivity contribution in [3.63, 3.8) is 0 Å². The number of para-hydroxylation sites is 2. The van der Waals surface area contributed by atoms with E-state index in [2.05, 4.69) is 60.7 Å². The number of rotatable bonds is 6. The summed E-state index contributed by atoms with van der Waals surface area (Å²) in [5.41, 5.74) is 14.6. The molecule has 0 amide bonds. The second kappa shape index (κ2) is 19.6. The number of carboxylic acids is 1. The molecule has 69 heavy (non-hydrogen) atoms. The Morgan fingerprint density at radius 1 is 0.551 bits per heavy atom. The average Bonchev–Trinajstić information content (AvgIpc) is 4.08. The molecule has 11 nitrogen and oxygen atoms in total. The molecular formula is C57H59N4NaO7. The van der Waals surface area contributed by atoms with E-state index in [1.165, 1.54) is 110 Å². The summed E-state index contributed by atoms with van der Waals surface area (Å²) in [6.07, 6.45) is 18.3. The summed E-state index contributed by atoms with van der Waals surface area (Å²) in [6.45, 7) is 6.68. The van der Waals surface area contributed by atoms with Gasteiger partial charge in [0, 0.05) is 93.4 Å². The predicted octanol–water partition coefficient (Wildman–Crippen LogP) is 10.1. The fourth-order valence-electron chi connectivity index (χ4n) is 12.6. The molecule has 0 saturated heterocycles. The minimum atomic E-state index is -0.889. The molecule has 2 N–H and O–H groups in total. The SMILES string of the molecule is CC(=O)c1cn2c3c(cccc13)-c1c(C3CCCCC3)c3ccc(C(=O)O)cc3n1CCC2.COC(=O)c1ccc2c(C3CCCCC3)c3n(c2c1)CCCn1cc(C(C)=O)c2cccc-3c21.[Na+].[OH-]. The van der Waals surface area contributed by atoms with Crippen molar-refractivity contribution >= 4 is 67.1 Å². The molecule has 4 aromatic carbocycles. The number of hydrogen-bond donors (Lipinski definition) is 1. The number of aromatic nitrogens is 4. The van der Waals surface area contributed by atoms with Crippen LogP contribution in [0.1, 0.15) is 155 Å². The number of aromatic carboxylic acids is 1. The Kier molecular flexibility index (Phi) is 13.7. The van der Waals surface area contributed by atoms with Crippen LogP contribution in [0.4, 0.5) is 0 Å². The molecular weight excluding hydrogens is 876 g/mol. The van der Waals surface area contributed by atoms with E-state index in [4.69, 9.17) is 4.74 Å². The van der Waals surface area contributed by atoms with Crippen LogP contribution in [0.2, 0.25) is 0 Å². The number of carbonyl (C=O) groups is 4. The van der Waals surface area contributed by atoms with Crippen LogP contribution in [0.3, 0.4) is 0 Å². The molecule has 0 bridgehead atoms. The van der Waals surface area contributed by atoms with E-state index < -0.39 is 5.97 Å². The third kappa shape index (κ3) is 8.18. The molecule has 6 heterocycles. The summed E-state index contributed by atoms with van der Waals surface area (Å²) in [4.78, 5) is 49.0. The maximum atomic E-state index is 12.5. The summed E-state index contributed by atoms with van der Waals surface area (Å²) < 4.78 is 14.4. The van der Waals surface area contributed by atoms with Crippen LogP contribution in [0, 0.1) is 0 Å². The Morgan fingerprint density at radius 2 is 0.986 bits per heavy atom. The Morgan fingerprint density at radius 3 is 1.41 bits per heavy atom. The van der Waals surface area contributed by atoms with Gasteiger partial charge in [-0.2, -0.15) is 0 Å². The van der Waals surface area contributed by atoms with Crippen LogP contribution < -0.4 is 29.6 Å². The second-order valence-electron chi connectivity index (χ2n) is 19.5. The molecule has 2 saturated carbocycles. The smallest absolute Gasteiger partial charge is 0.870 e. The number of methoxy groups -OCH3 is 1. The van der Waals surface area contributed by atoms with Crippen LogP contribution in [0.25, 0.3) is 66.1 Å². The third-order valence-electron chi connectivity index (χ3n) is 15.5. The molecule has 0 unspecified atom stereocenters. The number of nitrogens with zero attached hydrogens (tertiary/aromatic N) is 4. The molecule has 2 fully saturated rings. The van der Waals surface area contributed by atoms with Crippen LogP contribution in [-0.4, -0.2) is 59.5 Å². The van der Waals surface area contributed by atoms with Crippen molar-refractivity contribution in [3.05, 3.63) is 119 Å². The summed E-state index contributed by atoms with van der Waals surface area (Å²) in [7, 11) is 1.43. The zero-order chi connectivity index (χ0) is 46.1. The van der Waals surface area contributed by atoms with Crippen LogP contribution >= 0.6 is 0 Å². The fraction of sp³-hybridized carbons (Fsp3) is 0.368. The minimum Gasteiger partial charge on any atom is -0.870 e. The van der Waals surface area contributed by atoms with Gasteiger partial charge in [-0.25, -0.2) is 9.59 Å². The van der Waals surface area contributed by atoms with E-state index in [-0.39, 0.29) is 52.6 Å². The number of ketones is 2. The predicted molar refractivity (Wildman–Crippen MR) is 267 cm³/mol. The van der Waals surface area contributed by atoms with E-state index >= 15 is 0 Å². The number of aryl methyl sites for hydroxylation is 4. The van der Waals surface area contributed by atoms with Gasteiger partial charge in [0.15, 0.2) is 11.6 Å². The van der Waals surface area contributed by atoms with Crippen molar-refractivity contribution in [1.29, 1.82) is 0 Å². The summed E-state index contributed by atoms with van der Waals surface area (Å²) in [5.74, 6) is -0.0187. The Labute approximate surface area is 424 Å². The summed E-state index contributed by atoms with van der Waals surface area (Å²) in [6, 6.07) is 24.4. The number of carboxylic acid groups (broad SMARTS) is 1. The van der Waals surface area contributed by atoms with Gasteiger partial charge in [-0.3, -0.25) is 9.59 Å². The zero-order valence-electron chi connectivity index (χ0n) is 40.3. The molecule has 0 atom stereocenters. The monoisotopic (exact) mass is 934 g/mol. The molecule has 0 radical (unpaired) electrons. The van der Waals surface area contributed by atoms with Gasteiger partial charge in [-0.1, -0.05) is 87.1 Å². The third-order valence-corrected chi connectivity index (χ3v) is 15.5. The van der Waals surface area contributed by atoms with Gasteiger partial charge in [0.05, 0.1) is 40.7 Å². The largest absolute Gasteiger partial charge is 1.00 e. The quantitative estimate of drug-likeness (QED) is 0.0992. The van der Waals surface area contributed by atoms with Crippen molar-refractivity contribution in [2.45, 2.75) is 129 Å². The van der Waals surface area contributed by atoms with E-state index in [0.717, 1.165) is 88.6 Å². The van der Waals surface area contributed by atoms with E-state index in [9.17, 15) is 24.3 Å². The van der Waals surface area contributed by atoms with E-state index in [1.807, 2.05) is 36.7 Å². The molecule has 2 aliphatic heterocycles. The molecule has 12 rings (SSSR count). The number of Topliss-reactive ketones (excluding diaryl/α,β-unsaturated/α-hetero) is 2. The van der Waals surface area contributed by atoms with Crippen molar-refractivity contribution < 1.29 is 64.1 Å². The second-order valence-corrected chi connectivity index (χ2v) is 19.5. The van der Waals surface area contributed by atoms with Gasteiger partial charge >= 0.3 is 41.5 Å². The molecule has 4 aromatic heterocycles. The van der Waals surface area contributed by atoms with Gasteiger partial charge < -0.3 is 33.6 Å². The molecule has 2 aliphatic carbocycles. The van der Waals surface area contributed by atoms with Gasteiger partial charge in [0.2, 0.25) is 0 Å². The first kappa shape index (κ1) is 48.3. The number of esters is 1. The molecule has 4 aliphatic rings. The number of ether oxygens (including phenoxy) is 1. The first-order valence-corrected chi connectivity index (χ1v) is 24.5. The van der Waals surface area contributed by atoms with Crippen molar-refractivity contribution in [2.24, 2.45) is 0 Å². The summed E-state index contributed by atoms with van der Waals surface area (Å²) in [5, 5.41) is 14.2. The minimum absolute atomic E-state index is 0. The van der Waals surface area contributed by atoms with Gasteiger partial charge in [-0.15, -0.1) is 0 Å². The Balaban J connectivity index is 0.000000167. The Bertz CT molecular complexity index is 3340. The van der Waals surface area contributed by atoms with Crippen LogP contribution in [0.5, 0.6) is 0 Å². The zero-order valence-corrected chi connectivity index (χ0v) is 42.3. The normalized spacial score (nSPS) is 15.9. The Hall–Kier alpha value is -5.72. The van der Waals surface area contributed by atoms with Crippen molar-refractivity contribution in [3.8, 4) is 22.5 Å². The standard InChI is InChI=1S/C29H30N2O3.C28H28N2O3.Na.H2O/c1-18(32)24-17-30-14-7-15-31-25-16-20(29(33)34-2)12-13-22(25)26(19-8-4-3-5-9-19)28(31)23-11-6-10-21(24)27(23)30;1-17(31)23-16-29-13-6-14-30-24-15-19(28(32)33)11-12-21(24)25(18-7-3-2-4-8-18)27(30)22-10-5-9-20(23)26(22)29;;/h6,10-13,16-17,19H,3-5,7-9,14-15H2,1-2H3;5,9-12,15-16,18H,2-4,6-8,13-14H2,1H3,(H,32,33);;1H2/q;;+1;/p-1. The fourth-order valence-corrected chi connectivity index (χ4v) is 12.6. The van der Waals surface area contributed by atoms with E-state index in [1.54, 1.807) is 19.9 Å². The first-order chi connectivity index (χ1) is 32.6.